The second kappa shape index (κ2) is 5.51. The van der Waals surface area contributed by atoms with Gasteiger partial charge >= 0.3 is 0 Å². The Kier molecular flexibility index (Phi) is 4.16. The maximum absolute atomic E-state index is 6.16. The van der Waals surface area contributed by atoms with E-state index in [1.54, 1.807) is 11.3 Å². The van der Waals surface area contributed by atoms with Gasteiger partial charge in [0, 0.05) is 10.8 Å². The number of thiazole rings is 1. The van der Waals surface area contributed by atoms with Crippen LogP contribution in [-0.2, 0) is 12.0 Å². The van der Waals surface area contributed by atoms with Crippen molar-refractivity contribution in [2.24, 2.45) is 0 Å². The minimum atomic E-state index is 0.107. The van der Waals surface area contributed by atoms with Crippen molar-refractivity contribution >= 4 is 28.6 Å². The molecule has 4 heteroatoms. The van der Waals surface area contributed by atoms with Gasteiger partial charge in [-0.3, -0.25) is 0 Å². The van der Waals surface area contributed by atoms with Crippen LogP contribution in [0.2, 0.25) is 5.02 Å². The van der Waals surface area contributed by atoms with Crippen molar-refractivity contribution in [3.63, 3.8) is 0 Å². The number of halogens is 1. The third-order valence-corrected chi connectivity index (χ3v) is 4.05. The van der Waals surface area contributed by atoms with Gasteiger partial charge in [-0.2, -0.15) is 0 Å². The van der Waals surface area contributed by atoms with E-state index in [-0.39, 0.29) is 5.41 Å². The number of aryl methyl sites for hydroxylation is 1. The quantitative estimate of drug-likeness (QED) is 0.860. The first-order valence-electron chi connectivity index (χ1n) is 6.31. The summed E-state index contributed by atoms with van der Waals surface area (Å²) in [7, 11) is 0. The molecule has 0 saturated carbocycles. The van der Waals surface area contributed by atoms with E-state index in [0.717, 1.165) is 21.4 Å². The number of rotatable bonds is 3. The van der Waals surface area contributed by atoms with E-state index in [0.29, 0.717) is 6.54 Å². The van der Waals surface area contributed by atoms with Crippen LogP contribution in [0.3, 0.4) is 0 Å². The van der Waals surface area contributed by atoms with Gasteiger partial charge in [0.05, 0.1) is 22.9 Å². The van der Waals surface area contributed by atoms with E-state index in [1.165, 1.54) is 5.56 Å². The molecule has 1 aromatic carbocycles. The Bertz CT molecular complexity index is 570. The SMILES string of the molecule is Cc1ccc(Cl)c(NCc2nc(C(C)(C)C)cs2)c1. The fraction of sp³-hybridized carbons (Fsp3) is 0.400. The van der Waals surface area contributed by atoms with Crippen LogP contribution in [0.1, 0.15) is 37.0 Å². The number of hydrogen-bond donors (Lipinski definition) is 1. The average molecular weight is 295 g/mol. The molecule has 0 bridgehead atoms. The smallest absolute Gasteiger partial charge is 0.112 e. The Hall–Kier alpha value is -1.06. The molecule has 0 spiro atoms. The summed E-state index contributed by atoms with van der Waals surface area (Å²) in [6.07, 6.45) is 0. The van der Waals surface area contributed by atoms with Gasteiger partial charge < -0.3 is 5.32 Å². The third kappa shape index (κ3) is 3.71. The Morgan fingerprint density at radius 3 is 2.68 bits per heavy atom. The highest BCUT2D eigenvalue weighted by Gasteiger charge is 2.17. The molecule has 0 atom stereocenters. The molecule has 102 valence electrons. The van der Waals surface area contributed by atoms with Gasteiger partial charge in [-0.05, 0) is 24.6 Å². The molecule has 2 nitrogen and oxygen atoms in total. The minimum Gasteiger partial charge on any atom is -0.377 e. The Labute approximate surface area is 123 Å². The minimum absolute atomic E-state index is 0.107. The number of anilines is 1. The van der Waals surface area contributed by atoms with Gasteiger partial charge in [0.1, 0.15) is 5.01 Å². The van der Waals surface area contributed by atoms with Gasteiger partial charge in [-0.1, -0.05) is 38.4 Å². The molecule has 1 heterocycles. The maximum atomic E-state index is 6.16. The van der Waals surface area contributed by atoms with Crippen LogP contribution in [-0.4, -0.2) is 4.98 Å². The first-order chi connectivity index (χ1) is 8.86. The van der Waals surface area contributed by atoms with Crippen molar-refractivity contribution in [3.05, 3.63) is 44.9 Å². The number of hydrogen-bond acceptors (Lipinski definition) is 3. The van der Waals surface area contributed by atoms with Crippen LogP contribution in [0, 0.1) is 6.92 Å². The Morgan fingerprint density at radius 2 is 2.05 bits per heavy atom. The monoisotopic (exact) mass is 294 g/mol. The molecule has 1 aromatic heterocycles. The van der Waals surface area contributed by atoms with Gasteiger partial charge in [-0.25, -0.2) is 4.98 Å². The van der Waals surface area contributed by atoms with Crippen molar-refractivity contribution in [3.8, 4) is 0 Å². The average Bonchev–Trinajstić information content (AvgIpc) is 2.79. The summed E-state index contributed by atoms with van der Waals surface area (Å²) in [5.41, 5.74) is 3.41. The summed E-state index contributed by atoms with van der Waals surface area (Å²) >= 11 is 7.85. The van der Waals surface area contributed by atoms with Crippen molar-refractivity contribution in [2.75, 3.05) is 5.32 Å². The summed E-state index contributed by atoms with van der Waals surface area (Å²) < 4.78 is 0. The molecule has 0 radical (unpaired) electrons. The lowest BCUT2D eigenvalue weighted by molar-refractivity contribution is 0.571. The van der Waals surface area contributed by atoms with Crippen LogP contribution < -0.4 is 5.32 Å². The van der Waals surface area contributed by atoms with Crippen molar-refractivity contribution in [1.82, 2.24) is 4.98 Å². The summed E-state index contributed by atoms with van der Waals surface area (Å²) in [5, 5.41) is 7.32. The molecule has 0 aliphatic rings. The zero-order valence-electron chi connectivity index (χ0n) is 11.7. The van der Waals surface area contributed by atoms with Crippen molar-refractivity contribution < 1.29 is 0 Å². The predicted molar refractivity (Wildman–Crippen MR) is 84.3 cm³/mol. The molecule has 0 fully saturated rings. The lowest BCUT2D eigenvalue weighted by atomic mass is 9.93. The first kappa shape index (κ1) is 14.4. The number of nitrogens with zero attached hydrogens (tertiary/aromatic N) is 1. The highest BCUT2D eigenvalue weighted by atomic mass is 35.5. The molecule has 2 aromatic rings. The van der Waals surface area contributed by atoms with Crippen LogP contribution in [0.25, 0.3) is 0 Å². The van der Waals surface area contributed by atoms with E-state index < -0.39 is 0 Å². The normalized spacial score (nSPS) is 11.6. The highest BCUT2D eigenvalue weighted by Crippen LogP contribution is 2.26. The first-order valence-corrected chi connectivity index (χ1v) is 7.57. The molecule has 0 saturated heterocycles. The van der Waals surface area contributed by atoms with E-state index >= 15 is 0 Å². The number of benzene rings is 1. The molecular weight excluding hydrogens is 276 g/mol. The van der Waals surface area contributed by atoms with Crippen LogP contribution in [0.4, 0.5) is 5.69 Å². The zero-order chi connectivity index (χ0) is 14.0. The van der Waals surface area contributed by atoms with E-state index in [2.05, 4.69) is 49.4 Å². The van der Waals surface area contributed by atoms with Crippen molar-refractivity contribution in [1.29, 1.82) is 0 Å². The van der Waals surface area contributed by atoms with E-state index in [4.69, 9.17) is 11.6 Å². The molecule has 19 heavy (non-hydrogen) atoms. The number of aromatic nitrogens is 1. The topological polar surface area (TPSA) is 24.9 Å². The van der Waals surface area contributed by atoms with E-state index in [1.807, 2.05) is 12.1 Å². The zero-order valence-corrected chi connectivity index (χ0v) is 13.3. The fourth-order valence-electron chi connectivity index (χ4n) is 1.68. The van der Waals surface area contributed by atoms with Gasteiger partial charge in [0.15, 0.2) is 0 Å². The van der Waals surface area contributed by atoms with Gasteiger partial charge in [-0.15, -0.1) is 11.3 Å². The number of nitrogens with one attached hydrogen (secondary N) is 1. The summed E-state index contributed by atoms with van der Waals surface area (Å²) in [4.78, 5) is 4.66. The van der Waals surface area contributed by atoms with Crippen molar-refractivity contribution in [2.45, 2.75) is 39.7 Å². The third-order valence-electron chi connectivity index (χ3n) is 2.87. The van der Waals surface area contributed by atoms with Crippen LogP contribution in [0.15, 0.2) is 23.6 Å². The predicted octanol–water partition coefficient (Wildman–Crippen LogP) is 5.01. The molecular formula is C15H19ClN2S. The van der Waals surface area contributed by atoms with Crippen LogP contribution in [0.5, 0.6) is 0 Å². The fourth-order valence-corrected chi connectivity index (χ4v) is 2.83. The summed E-state index contributed by atoms with van der Waals surface area (Å²) in [5.74, 6) is 0. The van der Waals surface area contributed by atoms with Gasteiger partial charge in [0.25, 0.3) is 0 Å². The molecule has 0 aliphatic carbocycles. The maximum Gasteiger partial charge on any atom is 0.112 e. The van der Waals surface area contributed by atoms with Crippen LogP contribution >= 0.6 is 22.9 Å². The molecule has 0 amide bonds. The van der Waals surface area contributed by atoms with Gasteiger partial charge in [0.2, 0.25) is 0 Å². The lowest BCUT2D eigenvalue weighted by Crippen LogP contribution is -2.11. The second-order valence-corrected chi connectivity index (χ2v) is 7.06. The molecule has 2 rings (SSSR count). The Morgan fingerprint density at radius 1 is 1.32 bits per heavy atom. The highest BCUT2D eigenvalue weighted by molar-refractivity contribution is 7.09. The summed E-state index contributed by atoms with van der Waals surface area (Å²) in [6.45, 7) is 9.30. The van der Waals surface area contributed by atoms with E-state index in [9.17, 15) is 0 Å². The largest absolute Gasteiger partial charge is 0.377 e. The summed E-state index contributed by atoms with van der Waals surface area (Å²) in [6, 6.07) is 5.98. The molecule has 0 unspecified atom stereocenters. The standard InChI is InChI=1S/C15H19ClN2S/c1-10-5-6-11(16)12(7-10)17-8-14-18-13(9-19-14)15(2,3)4/h5-7,9,17H,8H2,1-4H3. The Balaban J connectivity index is 2.06. The molecule has 0 aliphatic heterocycles. The second-order valence-electron chi connectivity index (χ2n) is 5.71. The molecule has 1 N–H and O–H groups in total. The lowest BCUT2D eigenvalue weighted by Gasteiger charge is -2.14.